The molecule has 0 amide bonds. The van der Waals surface area contributed by atoms with Gasteiger partial charge in [-0.3, -0.25) is 4.90 Å². The summed E-state index contributed by atoms with van der Waals surface area (Å²) in [5.41, 5.74) is 3.88. The van der Waals surface area contributed by atoms with Crippen molar-refractivity contribution >= 4 is 5.96 Å². The molecule has 6 heteroatoms. The number of guanidine groups is 1. The third-order valence-electron chi connectivity index (χ3n) is 5.86. The van der Waals surface area contributed by atoms with Gasteiger partial charge < -0.3 is 15.2 Å². The van der Waals surface area contributed by atoms with Crippen molar-refractivity contribution in [3.63, 3.8) is 0 Å². The topological polar surface area (TPSA) is 57.5 Å². The second kappa shape index (κ2) is 11.5. The van der Waals surface area contributed by atoms with Gasteiger partial charge in [-0.1, -0.05) is 54.6 Å². The van der Waals surface area contributed by atoms with Crippen molar-refractivity contribution in [2.45, 2.75) is 45.4 Å². The van der Waals surface area contributed by atoms with Crippen LogP contribution in [0.3, 0.4) is 0 Å². The maximum Gasteiger partial charge on any atom is 0.191 e. The number of hydrogen-bond acceptors (Lipinski definition) is 3. The van der Waals surface area contributed by atoms with Crippen LogP contribution < -0.4 is 10.6 Å². The van der Waals surface area contributed by atoms with Crippen LogP contribution in [0.1, 0.15) is 36.5 Å². The molecule has 2 aromatic carbocycles. The molecule has 1 aliphatic rings. The predicted molar refractivity (Wildman–Crippen MR) is 130 cm³/mol. The zero-order chi connectivity index (χ0) is 22.0. The van der Waals surface area contributed by atoms with Crippen molar-refractivity contribution in [2.75, 3.05) is 19.6 Å². The molecule has 2 heterocycles. The number of benzene rings is 2. The summed E-state index contributed by atoms with van der Waals surface area (Å²) < 4.78 is 2.08. The SMILES string of the molecule is CCNC(=NCc1cccc(Cn2ccnc2)c1)NC1CCN(Cc2ccccc2)CC1. The smallest absolute Gasteiger partial charge is 0.191 e. The molecular weight excluding hydrogens is 396 g/mol. The molecule has 168 valence electrons. The second-order valence-electron chi connectivity index (χ2n) is 8.43. The summed E-state index contributed by atoms with van der Waals surface area (Å²) in [6.45, 7) is 7.74. The summed E-state index contributed by atoms with van der Waals surface area (Å²) in [7, 11) is 0. The van der Waals surface area contributed by atoms with E-state index in [1.807, 2.05) is 18.7 Å². The van der Waals surface area contributed by atoms with Crippen LogP contribution in [0, 0.1) is 0 Å². The molecule has 0 unspecified atom stereocenters. The third-order valence-corrected chi connectivity index (χ3v) is 5.86. The fourth-order valence-electron chi connectivity index (χ4n) is 4.18. The number of rotatable bonds is 8. The van der Waals surface area contributed by atoms with Crippen LogP contribution in [-0.4, -0.2) is 46.1 Å². The van der Waals surface area contributed by atoms with E-state index in [0.717, 1.165) is 51.5 Å². The van der Waals surface area contributed by atoms with Gasteiger partial charge in [0.15, 0.2) is 5.96 Å². The molecule has 0 saturated carbocycles. The lowest BCUT2D eigenvalue weighted by Gasteiger charge is -2.33. The zero-order valence-corrected chi connectivity index (χ0v) is 19.0. The quantitative estimate of drug-likeness (QED) is 0.423. The molecule has 32 heavy (non-hydrogen) atoms. The molecule has 1 aromatic heterocycles. The first-order valence-corrected chi connectivity index (χ1v) is 11.6. The van der Waals surface area contributed by atoms with E-state index in [-0.39, 0.29) is 0 Å². The van der Waals surface area contributed by atoms with Crippen molar-refractivity contribution in [1.82, 2.24) is 25.1 Å². The standard InChI is InChI=1S/C26H34N6/c1-2-28-26(29-18-23-9-6-10-24(17-23)20-32-16-13-27-21-32)30-25-11-14-31(15-12-25)19-22-7-4-3-5-8-22/h3-10,13,16-17,21,25H,2,11-12,14-15,18-20H2,1H3,(H2,28,29,30). The highest BCUT2D eigenvalue weighted by molar-refractivity contribution is 5.80. The molecule has 1 saturated heterocycles. The van der Waals surface area contributed by atoms with E-state index in [0.29, 0.717) is 12.6 Å². The highest BCUT2D eigenvalue weighted by atomic mass is 15.2. The minimum atomic E-state index is 0.465. The maximum atomic E-state index is 4.86. The summed E-state index contributed by atoms with van der Waals surface area (Å²) in [5, 5.41) is 7.08. The molecule has 0 spiro atoms. The van der Waals surface area contributed by atoms with Crippen LogP contribution >= 0.6 is 0 Å². The van der Waals surface area contributed by atoms with Gasteiger partial charge in [-0.25, -0.2) is 9.98 Å². The number of likely N-dealkylation sites (tertiary alicyclic amines) is 1. The van der Waals surface area contributed by atoms with E-state index in [9.17, 15) is 0 Å². The third kappa shape index (κ3) is 6.69. The monoisotopic (exact) mass is 430 g/mol. The van der Waals surface area contributed by atoms with Crippen LogP contribution in [0.4, 0.5) is 0 Å². The number of hydrogen-bond donors (Lipinski definition) is 2. The Morgan fingerprint density at radius 3 is 2.53 bits per heavy atom. The Kier molecular flexibility index (Phi) is 7.93. The van der Waals surface area contributed by atoms with Crippen LogP contribution in [-0.2, 0) is 19.6 Å². The molecule has 1 aliphatic heterocycles. The molecule has 6 nitrogen and oxygen atoms in total. The molecule has 0 atom stereocenters. The number of aromatic nitrogens is 2. The highest BCUT2D eigenvalue weighted by Crippen LogP contribution is 2.14. The minimum absolute atomic E-state index is 0.465. The molecular formula is C26H34N6. The van der Waals surface area contributed by atoms with Crippen LogP contribution in [0.25, 0.3) is 0 Å². The predicted octanol–water partition coefficient (Wildman–Crippen LogP) is 3.65. The van der Waals surface area contributed by atoms with Gasteiger partial charge >= 0.3 is 0 Å². The van der Waals surface area contributed by atoms with Gasteiger partial charge in [0.05, 0.1) is 12.9 Å². The van der Waals surface area contributed by atoms with E-state index in [4.69, 9.17) is 4.99 Å². The molecule has 4 rings (SSSR count). The van der Waals surface area contributed by atoms with Crippen LogP contribution in [0.2, 0.25) is 0 Å². The van der Waals surface area contributed by atoms with Crippen LogP contribution in [0.15, 0.2) is 78.3 Å². The first-order valence-electron chi connectivity index (χ1n) is 11.6. The number of nitrogens with zero attached hydrogens (tertiary/aromatic N) is 4. The lowest BCUT2D eigenvalue weighted by molar-refractivity contribution is 0.198. The zero-order valence-electron chi connectivity index (χ0n) is 19.0. The van der Waals surface area contributed by atoms with Gasteiger partial charge in [0.2, 0.25) is 0 Å². The van der Waals surface area contributed by atoms with E-state index in [1.54, 1.807) is 0 Å². The van der Waals surface area contributed by atoms with E-state index < -0.39 is 0 Å². The summed E-state index contributed by atoms with van der Waals surface area (Å²) in [5.74, 6) is 0.911. The Hall–Kier alpha value is -3.12. The van der Waals surface area contributed by atoms with Crippen molar-refractivity contribution < 1.29 is 0 Å². The minimum Gasteiger partial charge on any atom is -0.357 e. The summed E-state index contributed by atoms with van der Waals surface area (Å²) in [4.78, 5) is 11.5. The van der Waals surface area contributed by atoms with Crippen molar-refractivity contribution in [3.8, 4) is 0 Å². The average molecular weight is 431 g/mol. The molecule has 0 radical (unpaired) electrons. The van der Waals surface area contributed by atoms with Crippen molar-refractivity contribution in [3.05, 3.63) is 90.0 Å². The van der Waals surface area contributed by atoms with Gasteiger partial charge in [-0.2, -0.15) is 0 Å². The molecule has 1 fully saturated rings. The summed E-state index contributed by atoms with van der Waals surface area (Å²) in [6, 6.07) is 19.9. The Labute approximate surface area is 191 Å². The van der Waals surface area contributed by atoms with Gasteiger partial charge in [-0.05, 0) is 36.5 Å². The van der Waals surface area contributed by atoms with E-state index in [1.165, 1.54) is 16.7 Å². The fraction of sp³-hybridized carbons (Fsp3) is 0.385. The van der Waals surface area contributed by atoms with Crippen molar-refractivity contribution in [2.24, 2.45) is 4.99 Å². The Balaban J connectivity index is 1.29. The Morgan fingerprint density at radius 1 is 1.00 bits per heavy atom. The number of nitrogens with one attached hydrogen (secondary N) is 2. The largest absolute Gasteiger partial charge is 0.357 e. The lowest BCUT2D eigenvalue weighted by atomic mass is 10.0. The lowest BCUT2D eigenvalue weighted by Crippen LogP contribution is -2.48. The molecule has 0 aliphatic carbocycles. The summed E-state index contributed by atoms with van der Waals surface area (Å²) in [6.07, 6.45) is 7.93. The maximum absolute atomic E-state index is 4.86. The van der Waals surface area contributed by atoms with Gasteiger partial charge in [0.1, 0.15) is 0 Å². The van der Waals surface area contributed by atoms with E-state index >= 15 is 0 Å². The highest BCUT2D eigenvalue weighted by Gasteiger charge is 2.20. The average Bonchev–Trinajstić information content (AvgIpc) is 3.33. The normalized spacial score (nSPS) is 15.6. The molecule has 2 N–H and O–H groups in total. The number of piperidine rings is 1. The second-order valence-corrected chi connectivity index (χ2v) is 8.43. The first kappa shape index (κ1) is 22.1. The fourth-order valence-corrected chi connectivity index (χ4v) is 4.18. The Bertz CT molecular complexity index is 959. The van der Waals surface area contributed by atoms with E-state index in [2.05, 4.69) is 86.6 Å². The van der Waals surface area contributed by atoms with Gasteiger partial charge in [-0.15, -0.1) is 0 Å². The molecule has 3 aromatic rings. The van der Waals surface area contributed by atoms with Gasteiger partial charge in [0.25, 0.3) is 0 Å². The number of imidazole rings is 1. The van der Waals surface area contributed by atoms with Crippen LogP contribution in [0.5, 0.6) is 0 Å². The van der Waals surface area contributed by atoms with Crippen molar-refractivity contribution in [1.29, 1.82) is 0 Å². The Morgan fingerprint density at radius 2 is 1.78 bits per heavy atom. The van der Waals surface area contributed by atoms with Gasteiger partial charge in [0, 0.05) is 51.2 Å². The first-order chi connectivity index (χ1) is 15.8. The summed E-state index contributed by atoms with van der Waals surface area (Å²) >= 11 is 0. The molecule has 0 bridgehead atoms. The number of aliphatic imine (C=N–C) groups is 1.